The van der Waals surface area contributed by atoms with Crippen LogP contribution >= 0.6 is 11.6 Å². The number of halogens is 1. The van der Waals surface area contributed by atoms with Gasteiger partial charge in [-0.3, -0.25) is 4.79 Å². The third kappa shape index (κ3) is 3.32. The summed E-state index contributed by atoms with van der Waals surface area (Å²) in [5, 5.41) is 8.48. The second kappa shape index (κ2) is 6.41. The molecule has 1 aromatic heterocycles. The standard InChI is InChI=1S/C16H11ClN2O3/c17-13-5-2-4-12(8-13)16-19-18-15(22-16)10-21-14-6-1-3-11(7-14)9-20/h1-9H,10H2. The van der Waals surface area contributed by atoms with Crippen molar-refractivity contribution in [2.45, 2.75) is 6.61 Å². The first-order valence-corrected chi connectivity index (χ1v) is 6.89. The van der Waals surface area contributed by atoms with E-state index in [1.165, 1.54) is 0 Å². The molecule has 0 saturated carbocycles. The summed E-state index contributed by atoms with van der Waals surface area (Å²) in [6, 6.07) is 14.0. The van der Waals surface area contributed by atoms with E-state index in [4.69, 9.17) is 20.8 Å². The molecule has 0 atom stereocenters. The number of hydrogen-bond donors (Lipinski definition) is 0. The maximum atomic E-state index is 10.7. The summed E-state index contributed by atoms with van der Waals surface area (Å²) in [4.78, 5) is 10.7. The first-order valence-electron chi connectivity index (χ1n) is 6.51. The van der Waals surface area contributed by atoms with Gasteiger partial charge >= 0.3 is 0 Å². The third-order valence-electron chi connectivity index (χ3n) is 2.89. The Balaban J connectivity index is 1.70. The van der Waals surface area contributed by atoms with Gasteiger partial charge in [0.2, 0.25) is 5.89 Å². The zero-order chi connectivity index (χ0) is 15.4. The Morgan fingerprint density at radius 1 is 1.14 bits per heavy atom. The molecule has 0 unspecified atom stereocenters. The van der Waals surface area contributed by atoms with Gasteiger partial charge in [0.25, 0.3) is 5.89 Å². The lowest BCUT2D eigenvalue weighted by Crippen LogP contribution is -1.96. The van der Waals surface area contributed by atoms with Gasteiger partial charge in [-0.2, -0.15) is 0 Å². The summed E-state index contributed by atoms with van der Waals surface area (Å²) in [6.07, 6.45) is 0.761. The fourth-order valence-electron chi connectivity index (χ4n) is 1.87. The summed E-state index contributed by atoms with van der Waals surface area (Å²) in [5.41, 5.74) is 1.29. The lowest BCUT2D eigenvalue weighted by atomic mass is 10.2. The largest absolute Gasteiger partial charge is 0.484 e. The number of benzene rings is 2. The van der Waals surface area contributed by atoms with E-state index in [-0.39, 0.29) is 6.61 Å². The van der Waals surface area contributed by atoms with Crippen molar-refractivity contribution in [2.24, 2.45) is 0 Å². The Morgan fingerprint density at radius 2 is 2.00 bits per heavy atom. The van der Waals surface area contributed by atoms with Crippen molar-refractivity contribution in [3.05, 3.63) is 65.0 Å². The smallest absolute Gasteiger partial charge is 0.254 e. The number of aldehydes is 1. The molecule has 110 valence electrons. The molecule has 0 N–H and O–H groups in total. The molecule has 0 aliphatic rings. The molecule has 3 rings (SSSR count). The van der Waals surface area contributed by atoms with E-state index < -0.39 is 0 Å². The molecule has 0 aliphatic heterocycles. The third-order valence-corrected chi connectivity index (χ3v) is 3.13. The van der Waals surface area contributed by atoms with Crippen molar-refractivity contribution < 1.29 is 13.9 Å². The maximum absolute atomic E-state index is 10.7. The highest BCUT2D eigenvalue weighted by Gasteiger charge is 2.09. The lowest BCUT2D eigenvalue weighted by molar-refractivity contribution is 0.112. The minimum absolute atomic E-state index is 0.121. The van der Waals surface area contributed by atoms with E-state index in [2.05, 4.69) is 10.2 Å². The average molecular weight is 315 g/mol. The Hall–Kier alpha value is -2.66. The van der Waals surface area contributed by atoms with Gasteiger partial charge in [-0.15, -0.1) is 10.2 Å². The Labute approximate surface area is 131 Å². The summed E-state index contributed by atoms with van der Waals surface area (Å²) in [6.45, 7) is 0.121. The van der Waals surface area contributed by atoms with E-state index in [0.29, 0.717) is 28.1 Å². The molecule has 0 radical (unpaired) electrons. The van der Waals surface area contributed by atoms with Crippen LogP contribution in [0.5, 0.6) is 5.75 Å². The van der Waals surface area contributed by atoms with Gasteiger partial charge in [0.05, 0.1) is 0 Å². The molecular formula is C16H11ClN2O3. The summed E-state index contributed by atoms with van der Waals surface area (Å²) >= 11 is 5.93. The number of aromatic nitrogens is 2. The van der Waals surface area contributed by atoms with E-state index >= 15 is 0 Å². The van der Waals surface area contributed by atoms with E-state index in [1.807, 2.05) is 12.1 Å². The molecule has 0 fully saturated rings. The minimum Gasteiger partial charge on any atom is -0.484 e. The SMILES string of the molecule is O=Cc1cccc(OCc2nnc(-c3cccc(Cl)c3)o2)c1. The summed E-state index contributed by atoms with van der Waals surface area (Å²) in [7, 11) is 0. The van der Waals surface area contributed by atoms with Gasteiger partial charge in [-0.1, -0.05) is 29.8 Å². The molecule has 0 spiro atoms. The number of nitrogens with zero attached hydrogens (tertiary/aromatic N) is 2. The summed E-state index contributed by atoms with van der Waals surface area (Å²) < 4.78 is 11.1. The Bertz CT molecular complexity index is 801. The van der Waals surface area contributed by atoms with Crippen LogP contribution in [0.1, 0.15) is 16.2 Å². The molecule has 0 bridgehead atoms. The molecular weight excluding hydrogens is 304 g/mol. The number of ether oxygens (including phenoxy) is 1. The second-order valence-electron chi connectivity index (χ2n) is 4.49. The molecule has 0 aliphatic carbocycles. The molecule has 6 heteroatoms. The van der Waals surface area contributed by atoms with Crippen LogP contribution in [0.15, 0.2) is 52.9 Å². The van der Waals surface area contributed by atoms with E-state index in [0.717, 1.165) is 11.8 Å². The van der Waals surface area contributed by atoms with Crippen molar-refractivity contribution in [1.82, 2.24) is 10.2 Å². The number of carbonyl (C=O) groups is 1. The zero-order valence-electron chi connectivity index (χ0n) is 11.4. The first-order chi connectivity index (χ1) is 10.7. The van der Waals surface area contributed by atoms with Gasteiger partial charge < -0.3 is 9.15 Å². The van der Waals surface area contributed by atoms with Crippen LogP contribution in [-0.2, 0) is 6.61 Å². The molecule has 0 saturated heterocycles. The van der Waals surface area contributed by atoms with Crippen molar-refractivity contribution in [3.63, 3.8) is 0 Å². The van der Waals surface area contributed by atoms with Crippen molar-refractivity contribution in [1.29, 1.82) is 0 Å². The van der Waals surface area contributed by atoms with E-state index in [9.17, 15) is 4.79 Å². The van der Waals surface area contributed by atoms with Crippen LogP contribution in [-0.4, -0.2) is 16.5 Å². The van der Waals surface area contributed by atoms with Gasteiger partial charge in [0.1, 0.15) is 12.0 Å². The fourth-order valence-corrected chi connectivity index (χ4v) is 2.06. The lowest BCUT2D eigenvalue weighted by Gasteiger charge is -2.03. The monoisotopic (exact) mass is 314 g/mol. The van der Waals surface area contributed by atoms with Crippen LogP contribution in [0.4, 0.5) is 0 Å². The molecule has 2 aromatic carbocycles. The first kappa shape index (κ1) is 14.3. The van der Waals surface area contributed by atoms with Crippen LogP contribution in [0.3, 0.4) is 0 Å². The second-order valence-corrected chi connectivity index (χ2v) is 4.93. The maximum Gasteiger partial charge on any atom is 0.254 e. The van der Waals surface area contributed by atoms with Crippen LogP contribution in [0.25, 0.3) is 11.5 Å². The topological polar surface area (TPSA) is 65.2 Å². The minimum atomic E-state index is 0.121. The molecule has 1 heterocycles. The predicted molar refractivity (Wildman–Crippen MR) is 80.9 cm³/mol. The number of carbonyl (C=O) groups excluding carboxylic acids is 1. The highest BCUT2D eigenvalue weighted by atomic mass is 35.5. The van der Waals surface area contributed by atoms with Gasteiger partial charge in [-0.05, 0) is 30.3 Å². The summed E-state index contributed by atoms with van der Waals surface area (Å²) in [5.74, 6) is 1.28. The quantitative estimate of drug-likeness (QED) is 0.670. The molecule has 3 aromatic rings. The zero-order valence-corrected chi connectivity index (χ0v) is 12.2. The Morgan fingerprint density at radius 3 is 2.82 bits per heavy atom. The fraction of sp³-hybridized carbons (Fsp3) is 0.0625. The van der Waals surface area contributed by atoms with E-state index in [1.54, 1.807) is 36.4 Å². The predicted octanol–water partition coefficient (Wildman–Crippen LogP) is 3.78. The Kier molecular flexibility index (Phi) is 4.16. The highest BCUT2D eigenvalue weighted by Crippen LogP contribution is 2.22. The van der Waals surface area contributed by atoms with Crippen LogP contribution in [0.2, 0.25) is 5.02 Å². The van der Waals surface area contributed by atoms with Gasteiger partial charge in [0.15, 0.2) is 6.61 Å². The highest BCUT2D eigenvalue weighted by molar-refractivity contribution is 6.30. The van der Waals surface area contributed by atoms with Gasteiger partial charge in [0, 0.05) is 16.1 Å². The average Bonchev–Trinajstić information content (AvgIpc) is 3.02. The van der Waals surface area contributed by atoms with Crippen molar-refractivity contribution in [2.75, 3.05) is 0 Å². The van der Waals surface area contributed by atoms with Crippen molar-refractivity contribution in [3.8, 4) is 17.2 Å². The normalized spacial score (nSPS) is 10.4. The number of hydrogen-bond acceptors (Lipinski definition) is 5. The van der Waals surface area contributed by atoms with Gasteiger partial charge in [-0.25, -0.2) is 0 Å². The molecule has 22 heavy (non-hydrogen) atoms. The van der Waals surface area contributed by atoms with Crippen LogP contribution in [0, 0.1) is 0 Å². The van der Waals surface area contributed by atoms with Crippen molar-refractivity contribution >= 4 is 17.9 Å². The van der Waals surface area contributed by atoms with Crippen LogP contribution < -0.4 is 4.74 Å². The molecule has 0 amide bonds. The number of rotatable bonds is 5. The molecule has 5 nitrogen and oxygen atoms in total.